The van der Waals surface area contributed by atoms with Gasteiger partial charge in [-0.3, -0.25) is 10.1 Å². The number of amides is 1. The van der Waals surface area contributed by atoms with E-state index in [-0.39, 0.29) is 23.7 Å². The van der Waals surface area contributed by atoms with Gasteiger partial charge in [-0.05, 0) is 44.9 Å². The maximum atomic E-state index is 12.8. The van der Waals surface area contributed by atoms with E-state index in [1.165, 1.54) is 25.7 Å². The highest BCUT2D eigenvalue weighted by molar-refractivity contribution is 5.88. The van der Waals surface area contributed by atoms with Crippen LogP contribution in [-0.2, 0) is 9.53 Å². The summed E-state index contributed by atoms with van der Waals surface area (Å²) >= 11 is 0. The van der Waals surface area contributed by atoms with E-state index in [0.29, 0.717) is 5.92 Å². The van der Waals surface area contributed by atoms with Crippen molar-refractivity contribution in [2.75, 3.05) is 13.2 Å². The number of ether oxygens (including phenoxy) is 1. The monoisotopic (exact) mass is 280 g/mol. The minimum absolute atomic E-state index is 0.235. The lowest BCUT2D eigenvalue weighted by atomic mass is 9.99. The van der Waals surface area contributed by atoms with Crippen molar-refractivity contribution in [2.45, 2.75) is 76.6 Å². The van der Waals surface area contributed by atoms with Crippen LogP contribution in [0.25, 0.3) is 0 Å². The summed E-state index contributed by atoms with van der Waals surface area (Å²) in [6, 6.07) is 0. The summed E-state index contributed by atoms with van der Waals surface area (Å²) in [5, 5.41) is 3.65. The number of hydrogen-bond acceptors (Lipinski definition) is 3. The molecule has 114 valence electrons. The van der Waals surface area contributed by atoms with Gasteiger partial charge in [0.2, 0.25) is 5.91 Å². The summed E-state index contributed by atoms with van der Waals surface area (Å²) in [6.45, 7) is 5.81. The fourth-order valence-corrected chi connectivity index (χ4v) is 4.01. The van der Waals surface area contributed by atoms with Crippen molar-refractivity contribution in [1.29, 1.82) is 0 Å². The molecule has 0 aromatic rings. The Hall–Kier alpha value is -0.610. The molecular weight excluding hydrogens is 252 g/mol. The molecule has 1 saturated carbocycles. The molecule has 0 aromatic carbocycles. The van der Waals surface area contributed by atoms with Crippen LogP contribution in [0, 0.1) is 5.92 Å². The van der Waals surface area contributed by atoms with Gasteiger partial charge in [0.15, 0.2) is 0 Å². The molecule has 2 heterocycles. The molecule has 3 unspecified atom stereocenters. The number of nitrogens with zero attached hydrogens (tertiary/aromatic N) is 1. The molecule has 0 bridgehead atoms. The van der Waals surface area contributed by atoms with E-state index in [1.54, 1.807) is 0 Å². The van der Waals surface area contributed by atoms with Crippen molar-refractivity contribution in [3.05, 3.63) is 0 Å². The van der Waals surface area contributed by atoms with E-state index in [1.807, 2.05) is 0 Å². The molecule has 0 spiro atoms. The van der Waals surface area contributed by atoms with Gasteiger partial charge in [0.05, 0.1) is 17.8 Å². The minimum atomic E-state index is -0.369. The summed E-state index contributed by atoms with van der Waals surface area (Å²) in [4.78, 5) is 14.9. The Morgan fingerprint density at radius 1 is 1.30 bits per heavy atom. The Kier molecular flexibility index (Phi) is 4.04. The van der Waals surface area contributed by atoms with Crippen LogP contribution in [0.5, 0.6) is 0 Å². The number of rotatable bonds is 4. The predicted octanol–water partition coefficient (Wildman–Crippen LogP) is 2.28. The van der Waals surface area contributed by atoms with Crippen molar-refractivity contribution < 1.29 is 9.53 Å². The molecule has 4 heteroatoms. The first-order chi connectivity index (χ1) is 9.64. The zero-order valence-corrected chi connectivity index (χ0v) is 12.9. The summed E-state index contributed by atoms with van der Waals surface area (Å²) in [5.41, 5.74) is -0.369. The van der Waals surface area contributed by atoms with Crippen LogP contribution in [-0.4, -0.2) is 41.8 Å². The van der Waals surface area contributed by atoms with E-state index in [4.69, 9.17) is 4.74 Å². The first kappa shape index (κ1) is 14.3. The second-order valence-corrected chi connectivity index (χ2v) is 6.91. The fraction of sp³-hybridized carbons (Fsp3) is 0.938. The van der Waals surface area contributed by atoms with Gasteiger partial charge in [-0.2, -0.15) is 0 Å². The first-order valence-electron chi connectivity index (χ1n) is 8.34. The number of carbonyl (C=O) groups is 1. The largest absolute Gasteiger partial charge is 0.376 e. The molecule has 2 aliphatic heterocycles. The van der Waals surface area contributed by atoms with Gasteiger partial charge in [0, 0.05) is 13.2 Å². The van der Waals surface area contributed by atoms with Crippen molar-refractivity contribution in [2.24, 2.45) is 5.92 Å². The Labute approximate surface area is 122 Å². The predicted molar refractivity (Wildman–Crippen MR) is 78.3 cm³/mol. The van der Waals surface area contributed by atoms with Crippen LogP contribution >= 0.6 is 0 Å². The lowest BCUT2D eigenvalue weighted by molar-refractivity contribution is -0.135. The minimum Gasteiger partial charge on any atom is -0.376 e. The van der Waals surface area contributed by atoms with Crippen LogP contribution in [0.2, 0.25) is 0 Å². The van der Waals surface area contributed by atoms with E-state index < -0.39 is 0 Å². The van der Waals surface area contributed by atoms with Gasteiger partial charge in [0.25, 0.3) is 0 Å². The van der Waals surface area contributed by atoms with Crippen LogP contribution in [0.15, 0.2) is 0 Å². The number of nitrogens with one attached hydrogen (secondary N) is 1. The highest BCUT2D eigenvalue weighted by Crippen LogP contribution is 2.36. The highest BCUT2D eigenvalue weighted by Gasteiger charge is 2.49. The Bertz CT molecular complexity index is 361. The third kappa shape index (κ3) is 2.48. The van der Waals surface area contributed by atoms with E-state index in [0.717, 1.165) is 32.4 Å². The van der Waals surface area contributed by atoms with Gasteiger partial charge >= 0.3 is 0 Å². The SMILES string of the molecule is CCC1(C)NC(C2CCCC2)N(CC2CCCO2)C1=O. The van der Waals surface area contributed by atoms with Crippen LogP contribution in [0.1, 0.15) is 58.8 Å². The molecule has 3 atom stereocenters. The molecule has 20 heavy (non-hydrogen) atoms. The van der Waals surface area contributed by atoms with Crippen LogP contribution < -0.4 is 5.32 Å². The molecule has 1 amide bonds. The lowest BCUT2D eigenvalue weighted by Gasteiger charge is -2.30. The summed E-state index contributed by atoms with van der Waals surface area (Å²) < 4.78 is 5.75. The van der Waals surface area contributed by atoms with Crippen molar-refractivity contribution in [3.63, 3.8) is 0 Å². The van der Waals surface area contributed by atoms with Gasteiger partial charge in [-0.25, -0.2) is 0 Å². The average molecular weight is 280 g/mol. The lowest BCUT2D eigenvalue weighted by Crippen LogP contribution is -2.46. The normalized spacial score (nSPS) is 39.1. The second kappa shape index (κ2) is 5.64. The van der Waals surface area contributed by atoms with E-state index in [9.17, 15) is 4.79 Å². The van der Waals surface area contributed by atoms with E-state index in [2.05, 4.69) is 24.1 Å². The molecule has 3 rings (SSSR count). The highest BCUT2D eigenvalue weighted by atomic mass is 16.5. The maximum Gasteiger partial charge on any atom is 0.243 e. The Morgan fingerprint density at radius 3 is 2.65 bits per heavy atom. The smallest absolute Gasteiger partial charge is 0.243 e. The van der Waals surface area contributed by atoms with Crippen LogP contribution in [0.3, 0.4) is 0 Å². The third-order valence-corrected chi connectivity index (χ3v) is 5.51. The topological polar surface area (TPSA) is 41.6 Å². The molecular formula is C16H28N2O2. The molecule has 2 saturated heterocycles. The average Bonchev–Trinajstić information content (AvgIpc) is 3.16. The summed E-state index contributed by atoms with van der Waals surface area (Å²) in [7, 11) is 0. The quantitative estimate of drug-likeness (QED) is 0.859. The Balaban J connectivity index is 1.75. The molecule has 0 aromatic heterocycles. The molecule has 3 fully saturated rings. The van der Waals surface area contributed by atoms with Crippen molar-refractivity contribution in [3.8, 4) is 0 Å². The first-order valence-corrected chi connectivity index (χ1v) is 8.34. The van der Waals surface area contributed by atoms with E-state index >= 15 is 0 Å². The van der Waals surface area contributed by atoms with Crippen LogP contribution in [0.4, 0.5) is 0 Å². The Morgan fingerprint density at radius 2 is 2.05 bits per heavy atom. The van der Waals surface area contributed by atoms with Gasteiger partial charge in [-0.15, -0.1) is 0 Å². The standard InChI is InChI=1S/C16H28N2O2/c1-3-16(2)15(19)18(11-13-9-6-10-20-13)14(17-16)12-7-4-5-8-12/h12-14,17H,3-11H2,1-2H3. The molecule has 4 nitrogen and oxygen atoms in total. The van der Waals surface area contributed by atoms with Gasteiger partial charge in [-0.1, -0.05) is 19.8 Å². The zero-order chi connectivity index (χ0) is 14.2. The summed E-state index contributed by atoms with van der Waals surface area (Å²) in [5.74, 6) is 0.918. The van der Waals surface area contributed by atoms with Crippen molar-refractivity contribution in [1.82, 2.24) is 10.2 Å². The molecule has 1 aliphatic carbocycles. The van der Waals surface area contributed by atoms with Gasteiger partial charge < -0.3 is 9.64 Å². The van der Waals surface area contributed by atoms with Gasteiger partial charge in [0.1, 0.15) is 0 Å². The third-order valence-electron chi connectivity index (χ3n) is 5.51. The zero-order valence-electron chi connectivity index (χ0n) is 12.9. The maximum absolute atomic E-state index is 12.8. The molecule has 0 radical (unpaired) electrons. The fourth-order valence-electron chi connectivity index (χ4n) is 4.01. The van der Waals surface area contributed by atoms with Crippen molar-refractivity contribution >= 4 is 5.91 Å². The molecule has 1 N–H and O–H groups in total. The summed E-state index contributed by atoms with van der Waals surface area (Å²) in [6.07, 6.45) is 8.73. The number of hydrogen-bond donors (Lipinski definition) is 1. The second-order valence-electron chi connectivity index (χ2n) is 6.91. The number of carbonyl (C=O) groups excluding carboxylic acids is 1. The molecule has 3 aliphatic rings.